The van der Waals surface area contributed by atoms with Crippen molar-refractivity contribution in [2.24, 2.45) is 0 Å². The van der Waals surface area contributed by atoms with Crippen molar-refractivity contribution in [2.45, 2.75) is 35.1 Å². The van der Waals surface area contributed by atoms with Gasteiger partial charge in [0.1, 0.15) is 0 Å². The molecule has 6 heteroatoms. The summed E-state index contributed by atoms with van der Waals surface area (Å²) in [7, 11) is -3.23. The number of rotatable bonds is 3. The van der Waals surface area contributed by atoms with Crippen molar-refractivity contribution in [1.29, 1.82) is 0 Å². The van der Waals surface area contributed by atoms with Gasteiger partial charge in [-0.25, -0.2) is 8.42 Å². The molecule has 2 rings (SSSR count). The van der Waals surface area contributed by atoms with Gasteiger partial charge in [-0.05, 0) is 66.2 Å². The Morgan fingerprint density at radius 2 is 2.11 bits per heavy atom. The molecule has 19 heavy (non-hydrogen) atoms. The second-order valence-electron chi connectivity index (χ2n) is 5.12. The monoisotopic (exact) mass is 363 g/mol. The van der Waals surface area contributed by atoms with E-state index >= 15 is 0 Å². The molecule has 1 aromatic rings. The van der Waals surface area contributed by atoms with Gasteiger partial charge in [-0.1, -0.05) is 0 Å². The molecule has 0 amide bonds. The maximum Gasteiger partial charge on any atom is 0.176 e. The first-order chi connectivity index (χ1) is 8.78. The van der Waals surface area contributed by atoms with Crippen LogP contribution in [0.1, 0.15) is 25.3 Å². The summed E-state index contributed by atoms with van der Waals surface area (Å²) in [5.41, 5.74) is 0.911. The highest BCUT2D eigenvalue weighted by atomic mass is 79.9. The maximum atomic E-state index is 12.0. The summed E-state index contributed by atoms with van der Waals surface area (Å²) in [6.07, 6.45) is 5.31. The lowest BCUT2D eigenvalue weighted by Crippen LogP contribution is -2.33. The minimum atomic E-state index is -3.23. The summed E-state index contributed by atoms with van der Waals surface area (Å²) >= 11 is 4.96. The molecule has 1 N–H and O–H groups in total. The zero-order valence-corrected chi connectivity index (χ0v) is 14.5. The van der Waals surface area contributed by atoms with E-state index in [0.717, 1.165) is 34.3 Å². The SMILES string of the molecule is CSc1c(Br)cc(C2(C)CCCN2)cc1S(C)(=O)=O. The number of benzene rings is 1. The van der Waals surface area contributed by atoms with E-state index < -0.39 is 9.84 Å². The molecule has 1 unspecified atom stereocenters. The van der Waals surface area contributed by atoms with Crippen LogP contribution in [-0.2, 0) is 15.4 Å². The second-order valence-corrected chi connectivity index (χ2v) is 8.78. The highest BCUT2D eigenvalue weighted by Crippen LogP contribution is 2.39. The lowest BCUT2D eigenvalue weighted by atomic mass is 9.91. The molecule has 0 radical (unpaired) electrons. The number of halogens is 1. The Balaban J connectivity index is 2.63. The Bertz CT molecular complexity index is 593. The number of nitrogens with one attached hydrogen (secondary N) is 1. The first-order valence-corrected chi connectivity index (χ1v) is 10.0. The lowest BCUT2D eigenvalue weighted by Gasteiger charge is -2.26. The zero-order chi connectivity index (χ0) is 14.3. The molecule has 1 fully saturated rings. The summed E-state index contributed by atoms with van der Waals surface area (Å²) in [6.45, 7) is 3.11. The van der Waals surface area contributed by atoms with Gasteiger partial charge in [0.15, 0.2) is 9.84 Å². The van der Waals surface area contributed by atoms with Crippen LogP contribution in [-0.4, -0.2) is 27.5 Å². The molecule has 3 nitrogen and oxygen atoms in total. The number of hydrogen-bond acceptors (Lipinski definition) is 4. The first-order valence-electron chi connectivity index (χ1n) is 6.11. The predicted molar refractivity (Wildman–Crippen MR) is 83.6 cm³/mol. The van der Waals surface area contributed by atoms with Gasteiger partial charge in [0.2, 0.25) is 0 Å². The minimum Gasteiger partial charge on any atom is -0.308 e. The summed E-state index contributed by atoms with van der Waals surface area (Å²) in [5.74, 6) is 0. The van der Waals surface area contributed by atoms with Crippen LogP contribution in [0, 0.1) is 0 Å². The van der Waals surface area contributed by atoms with Gasteiger partial charge in [-0.3, -0.25) is 0 Å². The quantitative estimate of drug-likeness (QED) is 0.837. The van der Waals surface area contributed by atoms with Crippen molar-refractivity contribution < 1.29 is 8.42 Å². The van der Waals surface area contributed by atoms with Gasteiger partial charge in [-0.2, -0.15) is 0 Å². The standard InChI is InChI=1S/C13H18BrNO2S2/c1-13(5-4-6-15-13)9-7-10(14)12(18-2)11(8-9)19(3,16)17/h7-8,15H,4-6H2,1-3H3. The molecule has 1 aliphatic rings. The molecule has 0 saturated carbocycles. The fraction of sp³-hybridized carbons (Fsp3) is 0.538. The van der Waals surface area contributed by atoms with Crippen molar-refractivity contribution in [2.75, 3.05) is 19.1 Å². The predicted octanol–water partition coefficient (Wildman–Crippen LogP) is 3.17. The Kier molecular flexibility index (Phi) is 4.35. The molecule has 0 bridgehead atoms. The van der Waals surface area contributed by atoms with Crippen molar-refractivity contribution in [3.63, 3.8) is 0 Å². The third kappa shape index (κ3) is 3.01. The van der Waals surface area contributed by atoms with E-state index in [0.29, 0.717) is 4.90 Å². The molecule has 0 aliphatic carbocycles. The van der Waals surface area contributed by atoms with Gasteiger partial charge < -0.3 is 5.32 Å². The summed E-state index contributed by atoms with van der Waals surface area (Å²) < 4.78 is 24.8. The van der Waals surface area contributed by atoms with Crippen LogP contribution in [0.5, 0.6) is 0 Å². The molecule has 1 atom stereocenters. The topological polar surface area (TPSA) is 46.2 Å². The van der Waals surface area contributed by atoms with Crippen LogP contribution in [0.4, 0.5) is 0 Å². The van der Waals surface area contributed by atoms with Crippen LogP contribution >= 0.6 is 27.7 Å². The van der Waals surface area contributed by atoms with Gasteiger partial charge in [0.05, 0.1) is 4.90 Å². The maximum absolute atomic E-state index is 12.0. The van der Waals surface area contributed by atoms with E-state index in [4.69, 9.17) is 0 Å². The Hall–Kier alpha value is -0.0400. The molecule has 1 aliphatic heterocycles. The summed E-state index contributed by atoms with van der Waals surface area (Å²) in [4.78, 5) is 1.20. The van der Waals surface area contributed by atoms with Crippen LogP contribution in [0.25, 0.3) is 0 Å². The first kappa shape index (κ1) is 15.4. The molecule has 1 aromatic carbocycles. The van der Waals surface area contributed by atoms with Crippen LogP contribution in [0.2, 0.25) is 0 Å². The van der Waals surface area contributed by atoms with Gasteiger partial charge in [0, 0.05) is 21.2 Å². The fourth-order valence-electron chi connectivity index (χ4n) is 2.50. The third-order valence-corrected chi connectivity index (χ3v) is 6.61. The van der Waals surface area contributed by atoms with E-state index in [1.165, 1.54) is 18.0 Å². The Labute approximate surface area is 127 Å². The number of sulfone groups is 1. The largest absolute Gasteiger partial charge is 0.308 e. The number of thioether (sulfide) groups is 1. The van der Waals surface area contributed by atoms with E-state index in [2.05, 4.69) is 28.2 Å². The van der Waals surface area contributed by atoms with Crippen LogP contribution in [0.15, 0.2) is 26.4 Å². The smallest absolute Gasteiger partial charge is 0.176 e. The normalized spacial score (nSPS) is 23.8. The Morgan fingerprint density at radius 1 is 1.42 bits per heavy atom. The lowest BCUT2D eigenvalue weighted by molar-refractivity contribution is 0.433. The molecule has 1 saturated heterocycles. The molecular weight excluding hydrogens is 346 g/mol. The average molecular weight is 364 g/mol. The van der Waals surface area contributed by atoms with E-state index in [1.807, 2.05) is 18.4 Å². The summed E-state index contributed by atoms with van der Waals surface area (Å²) in [5, 5.41) is 3.47. The molecule has 0 aromatic heterocycles. The third-order valence-electron chi connectivity index (χ3n) is 3.62. The van der Waals surface area contributed by atoms with Crippen LogP contribution < -0.4 is 5.32 Å². The highest BCUT2D eigenvalue weighted by molar-refractivity contribution is 9.10. The molecule has 106 valence electrons. The summed E-state index contributed by atoms with van der Waals surface area (Å²) in [6, 6.07) is 3.86. The second kappa shape index (κ2) is 5.39. The zero-order valence-electron chi connectivity index (χ0n) is 11.3. The minimum absolute atomic E-state index is 0.126. The highest BCUT2D eigenvalue weighted by Gasteiger charge is 2.32. The number of hydrogen-bond donors (Lipinski definition) is 1. The van der Waals surface area contributed by atoms with E-state index in [9.17, 15) is 8.42 Å². The molecule has 1 heterocycles. The van der Waals surface area contributed by atoms with Crippen molar-refractivity contribution >= 4 is 37.5 Å². The molecular formula is C13H18BrNO2S2. The van der Waals surface area contributed by atoms with Gasteiger partial charge in [0.25, 0.3) is 0 Å². The average Bonchev–Trinajstić information content (AvgIpc) is 2.75. The van der Waals surface area contributed by atoms with Gasteiger partial charge in [-0.15, -0.1) is 11.8 Å². The Morgan fingerprint density at radius 3 is 2.58 bits per heavy atom. The van der Waals surface area contributed by atoms with Gasteiger partial charge >= 0.3 is 0 Å². The van der Waals surface area contributed by atoms with Crippen molar-refractivity contribution in [3.8, 4) is 0 Å². The fourth-order valence-corrected chi connectivity index (χ4v) is 5.58. The van der Waals surface area contributed by atoms with Crippen LogP contribution in [0.3, 0.4) is 0 Å². The van der Waals surface area contributed by atoms with E-state index in [-0.39, 0.29) is 5.54 Å². The molecule has 0 spiro atoms. The van der Waals surface area contributed by atoms with Crippen molar-refractivity contribution in [3.05, 3.63) is 22.2 Å². The van der Waals surface area contributed by atoms with Crippen molar-refractivity contribution in [1.82, 2.24) is 5.32 Å². The van der Waals surface area contributed by atoms with E-state index in [1.54, 1.807) is 0 Å².